The summed E-state index contributed by atoms with van der Waals surface area (Å²) in [5.41, 5.74) is 0.993. The van der Waals surface area contributed by atoms with Gasteiger partial charge in [0.1, 0.15) is 0 Å². The minimum atomic E-state index is -0.144. The summed E-state index contributed by atoms with van der Waals surface area (Å²) < 4.78 is 11.0. The molecule has 2 amide bonds. The van der Waals surface area contributed by atoms with Crippen LogP contribution in [0, 0.1) is 23.7 Å². The number of halogens is 1. The summed E-state index contributed by atoms with van der Waals surface area (Å²) >= 11 is 0. The molecule has 4 atom stereocenters. The van der Waals surface area contributed by atoms with Gasteiger partial charge in [0, 0.05) is 19.6 Å². The third-order valence-electron chi connectivity index (χ3n) is 6.48. The number of fused-ring (bicyclic) bond motifs is 5. The fraction of sp³-hybridized carbons (Fsp3) is 0.542. The van der Waals surface area contributed by atoms with Crippen molar-refractivity contribution in [2.24, 2.45) is 28.7 Å². The molecule has 1 saturated heterocycles. The maximum atomic E-state index is 12.8. The highest BCUT2D eigenvalue weighted by atomic mass is 127. The Morgan fingerprint density at radius 3 is 2.39 bits per heavy atom. The average molecular weight is 568 g/mol. The monoisotopic (exact) mass is 568 g/mol. The van der Waals surface area contributed by atoms with E-state index in [-0.39, 0.29) is 59.5 Å². The Hall–Kier alpha value is -2.30. The molecule has 1 aromatic rings. The molecule has 8 nitrogen and oxygen atoms in total. The Kier molecular flexibility index (Phi) is 8.61. The molecule has 2 fully saturated rings. The lowest BCUT2D eigenvalue weighted by molar-refractivity contribution is -0.140. The Balaban J connectivity index is 0.00000306. The predicted octanol–water partition coefficient (Wildman–Crippen LogP) is 2.57. The van der Waals surface area contributed by atoms with Gasteiger partial charge in [-0.25, -0.2) is 4.99 Å². The second kappa shape index (κ2) is 11.2. The summed E-state index contributed by atoms with van der Waals surface area (Å²) in [7, 11) is 1.62. The summed E-state index contributed by atoms with van der Waals surface area (Å²) in [5, 5.41) is 6.46. The predicted molar refractivity (Wildman–Crippen MR) is 137 cm³/mol. The van der Waals surface area contributed by atoms with Crippen LogP contribution in [0.5, 0.6) is 11.5 Å². The van der Waals surface area contributed by atoms with Crippen LogP contribution in [0.15, 0.2) is 35.3 Å². The zero-order chi connectivity index (χ0) is 22.7. The van der Waals surface area contributed by atoms with Gasteiger partial charge in [0.15, 0.2) is 17.5 Å². The average Bonchev–Trinajstić information content (AvgIpc) is 3.47. The summed E-state index contributed by atoms with van der Waals surface area (Å²) in [5.74, 6) is 2.20. The van der Waals surface area contributed by atoms with Gasteiger partial charge in [0.2, 0.25) is 11.8 Å². The third kappa shape index (κ3) is 5.12. The largest absolute Gasteiger partial charge is 0.493 e. The molecule has 3 aliphatic rings. The van der Waals surface area contributed by atoms with Crippen molar-refractivity contribution in [2.45, 2.75) is 26.8 Å². The van der Waals surface area contributed by atoms with Crippen LogP contribution in [0.3, 0.4) is 0 Å². The number of imide groups is 1. The molecule has 1 heterocycles. The fourth-order valence-corrected chi connectivity index (χ4v) is 5.07. The maximum absolute atomic E-state index is 12.8. The molecule has 180 valence electrons. The lowest BCUT2D eigenvalue weighted by atomic mass is 9.85. The molecule has 1 aliphatic heterocycles. The summed E-state index contributed by atoms with van der Waals surface area (Å²) in [6.45, 7) is 6.46. The quantitative estimate of drug-likeness (QED) is 0.157. The number of nitrogens with zero attached hydrogens (tertiary/aromatic N) is 2. The number of methoxy groups -OCH3 is 1. The smallest absolute Gasteiger partial charge is 0.233 e. The van der Waals surface area contributed by atoms with Gasteiger partial charge in [-0.2, -0.15) is 0 Å². The first-order chi connectivity index (χ1) is 15.6. The molecule has 4 rings (SSSR count). The fourth-order valence-electron chi connectivity index (χ4n) is 5.07. The van der Waals surface area contributed by atoms with Crippen LogP contribution in [0.4, 0.5) is 0 Å². The highest BCUT2D eigenvalue weighted by molar-refractivity contribution is 14.0. The number of carbonyl (C=O) groups excluding carboxylic acids is 2. The number of ether oxygens (including phenoxy) is 2. The number of allylic oxidation sites excluding steroid dienone is 2. The first-order valence-corrected chi connectivity index (χ1v) is 11.4. The van der Waals surface area contributed by atoms with Crippen molar-refractivity contribution in [3.8, 4) is 11.5 Å². The van der Waals surface area contributed by atoms with E-state index < -0.39 is 0 Å². The normalized spacial score (nSPS) is 25.2. The second-order valence-corrected chi connectivity index (χ2v) is 8.37. The molecule has 0 radical (unpaired) electrons. The van der Waals surface area contributed by atoms with E-state index in [2.05, 4.69) is 27.8 Å². The molecule has 1 aromatic carbocycles. The number of benzene rings is 1. The highest BCUT2D eigenvalue weighted by Gasteiger charge is 2.58. The van der Waals surface area contributed by atoms with E-state index in [9.17, 15) is 9.59 Å². The standard InChI is InChI=1S/C24H32N4O4.HI/c1-4-25-24(27-14-15-6-9-18(31-3)19(12-15)32-5-2)26-10-11-28-22(29)20-16-7-8-17(13-16)21(20)23(28)30;/h6-9,12,16-17,20-21H,4-5,10-11,13-14H2,1-3H3,(H2,25,26,27);1H. The van der Waals surface area contributed by atoms with E-state index in [0.717, 1.165) is 12.0 Å². The van der Waals surface area contributed by atoms with Crippen molar-refractivity contribution >= 4 is 41.8 Å². The van der Waals surface area contributed by atoms with E-state index in [1.165, 1.54) is 4.90 Å². The van der Waals surface area contributed by atoms with Gasteiger partial charge in [-0.15, -0.1) is 24.0 Å². The number of guanidine groups is 1. The number of hydrogen-bond acceptors (Lipinski definition) is 5. The molecule has 0 aromatic heterocycles. The minimum absolute atomic E-state index is 0. The van der Waals surface area contributed by atoms with Crippen molar-refractivity contribution < 1.29 is 19.1 Å². The van der Waals surface area contributed by atoms with Gasteiger partial charge in [-0.1, -0.05) is 18.2 Å². The number of aliphatic imine (C=N–C) groups is 1. The van der Waals surface area contributed by atoms with E-state index in [4.69, 9.17) is 9.47 Å². The van der Waals surface area contributed by atoms with E-state index >= 15 is 0 Å². The van der Waals surface area contributed by atoms with Crippen LogP contribution in [0.2, 0.25) is 0 Å². The molecular weight excluding hydrogens is 535 g/mol. The summed E-state index contributed by atoms with van der Waals surface area (Å²) in [6, 6.07) is 5.76. The topological polar surface area (TPSA) is 92.3 Å². The lowest BCUT2D eigenvalue weighted by Gasteiger charge is -2.18. The first kappa shape index (κ1) is 25.3. The van der Waals surface area contributed by atoms with Crippen LogP contribution < -0.4 is 20.1 Å². The Labute approximate surface area is 212 Å². The Morgan fingerprint density at radius 1 is 1.09 bits per heavy atom. The number of hydrogen-bond donors (Lipinski definition) is 2. The van der Waals surface area contributed by atoms with Crippen LogP contribution >= 0.6 is 24.0 Å². The van der Waals surface area contributed by atoms with E-state index in [1.54, 1.807) is 7.11 Å². The van der Waals surface area contributed by atoms with Gasteiger partial charge in [-0.05, 0) is 49.8 Å². The van der Waals surface area contributed by atoms with Crippen LogP contribution in [-0.2, 0) is 16.1 Å². The third-order valence-corrected chi connectivity index (χ3v) is 6.48. The molecular formula is C24H33IN4O4. The number of amides is 2. The highest BCUT2D eigenvalue weighted by Crippen LogP contribution is 2.52. The van der Waals surface area contributed by atoms with E-state index in [0.29, 0.717) is 50.2 Å². The number of likely N-dealkylation sites (tertiary alicyclic amines) is 1. The van der Waals surface area contributed by atoms with Crippen molar-refractivity contribution in [2.75, 3.05) is 33.4 Å². The first-order valence-electron chi connectivity index (χ1n) is 11.4. The van der Waals surface area contributed by atoms with Gasteiger partial charge in [-0.3, -0.25) is 14.5 Å². The molecule has 2 bridgehead atoms. The van der Waals surface area contributed by atoms with Crippen LogP contribution in [-0.4, -0.2) is 56.0 Å². The van der Waals surface area contributed by atoms with Crippen molar-refractivity contribution in [3.63, 3.8) is 0 Å². The number of nitrogens with one attached hydrogen (secondary N) is 2. The minimum Gasteiger partial charge on any atom is -0.493 e. The molecule has 2 N–H and O–H groups in total. The zero-order valence-electron chi connectivity index (χ0n) is 19.4. The summed E-state index contributed by atoms with van der Waals surface area (Å²) in [4.78, 5) is 31.7. The van der Waals surface area contributed by atoms with Crippen molar-refractivity contribution in [1.82, 2.24) is 15.5 Å². The van der Waals surface area contributed by atoms with E-state index in [1.807, 2.05) is 32.0 Å². The number of carbonyl (C=O) groups is 2. The number of rotatable bonds is 9. The second-order valence-electron chi connectivity index (χ2n) is 8.37. The van der Waals surface area contributed by atoms with Crippen LogP contribution in [0.1, 0.15) is 25.8 Å². The maximum Gasteiger partial charge on any atom is 0.233 e. The van der Waals surface area contributed by atoms with Crippen molar-refractivity contribution in [1.29, 1.82) is 0 Å². The molecule has 4 unspecified atom stereocenters. The molecule has 9 heteroatoms. The SMILES string of the molecule is CCNC(=NCc1ccc(OC)c(OCC)c1)NCCN1C(=O)C2C3C=CC(C3)C2C1=O.I. The molecule has 0 spiro atoms. The molecule has 33 heavy (non-hydrogen) atoms. The summed E-state index contributed by atoms with van der Waals surface area (Å²) in [6.07, 6.45) is 5.18. The van der Waals surface area contributed by atoms with Gasteiger partial charge < -0.3 is 20.1 Å². The van der Waals surface area contributed by atoms with Crippen LogP contribution in [0.25, 0.3) is 0 Å². The Morgan fingerprint density at radius 2 is 1.79 bits per heavy atom. The zero-order valence-corrected chi connectivity index (χ0v) is 21.7. The van der Waals surface area contributed by atoms with Gasteiger partial charge >= 0.3 is 0 Å². The van der Waals surface area contributed by atoms with Gasteiger partial charge in [0.05, 0.1) is 32.1 Å². The molecule has 2 aliphatic carbocycles. The van der Waals surface area contributed by atoms with Gasteiger partial charge in [0.25, 0.3) is 0 Å². The Bertz CT molecular complexity index is 905. The van der Waals surface area contributed by atoms with Crippen molar-refractivity contribution in [3.05, 3.63) is 35.9 Å². The lowest BCUT2D eigenvalue weighted by Crippen LogP contribution is -2.43. The molecule has 1 saturated carbocycles.